The Morgan fingerprint density at radius 2 is 2.26 bits per heavy atom. The first kappa shape index (κ1) is 18.7. The first-order chi connectivity index (χ1) is 10.8. The van der Waals surface area contributed by atoms with Crippen LogP contribution in [0.2, 0.25) is 0 Å². The first-order valence-electron chi connectivity index (χ1n) is 8.58. The standard InChI is InChI=1S/C18H29FO3S/c1-5-23(20,21)17(19)11-8-13(2)14-9-10-15-16(22-4)7-6-12-18(14,15)3/h9,11,13,15-16H,5-8,10,12H2,1-4H3/b17-11-/t13-,15+,16+,18-/m1/s1. The van der Waals surface area contributed by atoms with E-state index in [1.807, 2.05) is 0 Å². The SMILES string of the molecule is CCS(=O)(=O)/C(F)=C\C[C@@H](C)C1=CC[C@H]2[C@@H](OC)CCC[C@]12C. The molecule has 0 spiro atoms. The number of allylic oxidation sites excluding steroid dienone is 3. The molecule has 0 amide bonds. The predicted octanol–water partition coefficient (Wildman–Crippen LogP) is 4.41. The summed E-state index contributed by atoms with van der Waals surface area (Å²) in [4.78, 5) is 0. The molecule has 2 aliphatic carbocycles. The van der Waals surface area contributed by atoms with Crippen LogP contribution in [0.5, 0.6) is 0 Å². The first-order valence-corrected chi connectivity index (χ1v) is 10.2. The summed E-state index contributed by atoms with van der Waals surface area (Å²) in [6.45, 7) is 5.82. The molecule has 1 fully saturated rings. The normalized spacial score (nSPS) is 33.3. The van der Waals surface area contributed by atoms with Gasteiger partial charge in [-0.25, -0.2) is 8.42 Å². The Labute approximate surface area is 139 Å². The molecule has 0 aliphatic heterocycles. The lowest BCUT2D eigenvalue weighted by Crippen LogP contribution is -2.40. The fourth-order valence-corrected chi connectivity index (χ4v) is 5.06. The van der Waals surface area contributed by atoms with Crippen molar-refractivity contribution in [1.29, 1.82) is 0 Å². The summed E-state index contributed by atoms with van der Waals surface area (Å²) in [5.74, 6) is 0.451. The minimum absolute atomic E-state index is 0.103. The van der Waals surface area contributed by atoms with Crippen LogP contribution in [0.15, 0.2) is 22.9 Å². The summed E-state index contributed by atoms with van der Waals surface area (Å²) >= 11 is 0. The monoisotopic (exact) mass is 344 g/mol. The number of rotatable bonds is 6. The van der Waals surface area contributed by atoms with E-state index in [1.165, 1.54) is 18.6 Å². The Bertz CT molecular complexity index is 593. The van der Waals surface area contributed by atoms with Gasteiger partial charge in [0.25, 0.3) is 0 Å². The lowest BCUT2D eigenvalue weighted by Gasteiger charge is -2.44. The quantitative estimate of drug-likeness (QED) is 0.670. The van der Waals surface area contributed by atoms with Gasteiger partial charge in [0.05, 0.1) is 11.9 Å². The van der Waals surface area contributed by atoms with Gasteiger partial charge in [0.1, 0.15) is 0 Å². The zero-order valence-electron chi connectivity index (χ0n) is 14.6. The number of hydrogen-bond acceptors (Lipinski definition) is 3. The highest BCUT2D eigenvalue weighted by molar-refractivity contribution is 7.94. The molecule has 0 aromatic carbocycles. The summed E-state index contributed by atoms with van der Waals surface area (Å²) < 4.78 is 42.5. The second-order valence-electron chi connectivity index (χ2n) is 7.13. The van der Waals surface area contributed by atoms with Crippen molar-refractivity contribution in [2.75, 3.05) is 12.9 Å². The third kappa shape index (κ3) is 3.55. The van der Waals surface area contributed by atoms with Gasteiger partial charge in [-0.15, -0.1) is 0 Å². The Morgan fingerprint density at radius 1 is 1.57 bits per heavy atom. The fourth-order valence-electron chi connectivity index (χ4n) is 4.43. The van der Waals surface area contributed by atoms with Gasteiger partial charge in [0.15, 0.2) is 0 Å². The van der Waals surface area contributed by atoms with Crippen LogP contribution < -0.4 is 0 Å². The van der Waals surface area contributed by atoms with Gasteiger partial charge in [-0.2, -0.15) is 4.39 Å². The molecule has 2 rings (SSSR count). The Morgan fingerprint density at radius 3 is 2.87 bits per heavy atom. The predicted molar refractivity (Wildman–Crippen MR) is 91.4 cm³/mol. The third-order valence-corrected chi connectivity index (χ3v) is 7.37. The average Bonchev–Trinajstić information content (AvgIpc) is 2.89. The molecule has 3 nitrogen and oxygen atoms in total. The molecular formula is C18H29FO3S. The van der Waals surface area contributed by atoms with Crippen molar-refractivity contribution < 1.29 is 17.5 Å². The number of fused-ring (bicyclic) bond motifs is 1. The summed E-state index contributed by atoms with van der Waals surface area (Å²) in [7, 11) is -1.93. The van der Waals surface area contributed by atoms with Gasteiger partial charge < -0.3 is 4.74 Å². The van der Waals surface area contributed by atoms with Crippen molar-refractivity contribution >= 4 is 9.84 Å². The highest BCUT2D eigenvalue weighted by atomic mass is 32.2. The maximum absolute atomic E-state index is 13.8. The number of halogens is 1. The number of hydrogen-bond donors (Lipinski definition) is 0. The number of methoxy groups -OCH3 is 1. The van der Waals surface area contributed by atoms with Gasteiger partial charge in [0.2, 0.25) is 15.0 Å². The second kappa shape index (κ2) is 7.06. The topological polar surface area (TPSA) is 43.4 Å². The van der Waals surface area contributed by atoms with Crippen LogP contribution in [0.3, 0.4) is 0 Å². The zero-order chi connectivity index (χ0) is 17.3. The van der Waals surface area contributed by atoms with Gasteiger partial charge in [0, 0.05) is 7.11 Å². The molecule has 0 radical (unpaired) electrons. The third-order valence-electron chi connectivity index (χ3n) is 5.85. The minimum Gasteiger partial charge on any atom is -0.381 e. The van der Waals surface area contributed by atoms with Crippen LogP contribution in [-0.4, -0.2) is 27.4 Å². The Kier molecular flexibility index (Phi) is 5.72. The van der Waals surface area contributed by atoms with Crippen molar-refractivity contribution in [2.24, 2.45) is 17.3 Å². The van der Waals surface area contributed by atoms with E-state index >= 15 is 0 Å². The van der Waals surface area contributed by atoms with E-state index in [0.29, 0.717) is 18.4 Å². The smallest absolute Gasteiger partial charge is 0.210 e. The van der Waals surface area contributed by atoms with Crippen molar-refractivity contribution in [1.82, 2.24) is 0 Å². The Balaban J connectivity index is 2.12. The molecule has 23 heavy (non-hydrogen) atoms. The van der Waals surface area contributed by atoms with E-state index < -0.39 is 15.0 Å². The van der Waals surface area contributed by atoms with Gasteiger partial charge in [-0.05, 0) is 55.4 Å². The molecule has 0 aromatic heterocycles. The molecule has 0 saturated heterocycles. The van der Waals surface area contributed by atoms with E-state index in [4.69, 9.17) is 4.74 Å². The van der Waals surface area contributed by atoms with Crippen LogP contribution >= 0.6 is 0 Å². The van der Waals surface area contributed by atoms with E-state index in [2.05, 4.69) is 19.9 Å². The van der Waals surface area contributed by atoms with Crippen LogP contribution in [0.1, 0.15) is 52.9 Å². The zero-order valence-corrected chi connectivity index (χ0v) is 15.5. The average molecular weight is 344 g/mol. The highest BCUT2D eigenvalue weighted by Crippen LogP contribution is 2.55. The molecule has 1 saturated carbocycles. The van der Waals surface area contributed by atoms with Gasteiger partial charge in [-0.3, -0.25) is 0 Å². The van der Waals surface area contributed by atoms with Crippen molar-refractivity contribution in [3.05, 3.63) is 22.9 Å². The number of ether oxygens (including phenoxy) is 1. The van der Waals surface area contributed by atoms with Crippen LogP contribution in [0.25, 0.3) is 0 Å². The largest absolute Gasteiger partial charge is 0.381 e. The highest BCUT2D eigenvalue weighted by Gasteiger charge is 2.48. The van der Waals surface area contributed by atoms with Gasteiger partial charge in [-0.1, -0.05) is 32.4 Å². The molecule has 2 aliphatic rings. The van der Waals surface area contributed by atoms with Crippen molar-refractivity contribution in [3.63, 3.8) is 0 Å². The van der Waals surface area contributed by atoms with E-state index in [0.717, 1.165) is 25.7 Å². The molecule has 0 unspecified atom stereocenters. The second-order valence-corrected chi connectivity index (χ2v) is 9.33. The molecule has 4 atom stereocenters. The van der Waals surface area contributed by atoms with Gasteiger partial charge >= 0.3 is 0 Å². The molecule has 132 valence electrons. The molecule has 0 aromatic rings. The Hall–Kier alpha value is -0.680. The van der Waals surface area contributed by atoms with Crippen LogP contribution in [0, 0.1) is 17.3 Å². The van der Waals surface area contributed by atoms with Crippen LogP contribution in [-0.2, 0) is 14.6 Å². The minimum atomic E-state index is -3.71. The summed E-state index contributed by atoms with van der Waals surface area (Å²) in [5, 5.41) is -0.981. The molecule has 0 N–H and O–H groups in total. The molecule has 0 bridgehead atoms. The lowest BCUT2D eigenvalue weighted by molar-refractivity contribution is -0.0233. The van der Waals surface area contributed by atoms with Crippen molar-refractivity contribution in [3.8, 4) is 0 Å². The molecule has 0 heterocycles. The van der Waals surface area contributed by atoms with E-state index in [-0.39, 0.29) is 17.1 Å². The van der Waals surface area contributed by atoms with E-state index in [1.54, 1.807) is 7.11 Å². The maximum atomic E-state index is 13.8. The lowest BCUT2D eigenvalue weighted by atomic mass is 9.63. The summed E-state index contributed by atoms with van der Waals surface area (Å²) in [6, 6.07) is 0. The molecular weight excluding hydrogens is 315 g/mol. The number of sulfone groups is 1. The van der Waals surface area contributed by atoms with E-state index in [9.17, 15) is 12.8 Å². The van der Waals surface area contributed by atoms with Crippen molar-refractivity contribution in [2.45, 2.75) is 59.0 Å². The molecule has 5 heteroatoms. The summed E-state index contributed by atoms with van der Waals surface area (Å²) in [5.41, 5.74) is 1.45. The fraction of sp³-hybridized carbons (Fsp3) is 0.778. The van der Waals surface area contributed by atoms with Crippen LogP contribution in [0.4, 0.5) is 4.39 Å². The summed E-state index contributed by atoms with van der Waals surface area (Å²) in [6.07, 6.45) is 8.64. The maximum Gasteiger partial charge on any atom is 0.210 e.